The first-order valence-corrected chi connectivity index (χ1v) is 10.6. The number of carbonyl (C=O) groups excluding carboxylic acids is 3. The molecule has 2 aromatic rings. The van der Waals surface area contributed by atoms with Gasteiger partial charge in [0.2, 0.25) is 5.91 Å². The Morgan fingerprint density at radius 2 is 2.14 bits per heavy atom. The second-order valence-electron chi connectivity index (χ2n) is 7.78. The fourth-order valence-corrected chi connectivity index (χ4v) is 4.09. The number of hydrogen-bond donors (Lipinski definition) is 2. The summed E-state index contributed by atoms with van der Waals surface area (Å²) in [6.07, 6.45) is 3.03. The molecule has 154 valence electrons. The average molecular weight is 415 g/mol. The summed E-state index contributed by atoms with van der Waals surface area (Å²) in [4.78, 5) is 42.4. The lowest BCUT2D eigenvalue weighted by Crippen LogP contribution is -2.40. The average Bonchev–Trinajstić information content (AvgIpc) is 3.23. The molecule has 0 bridgehead atoms. The largest absolute Gasteiger partial charge is 0.347 e. The molecular formula is C21H26N4O3S. The van der Waals surface area contributed by atoms with Crippen LogP contribution < -0.4 is 10.6 Å². The molecule has 0 spiro atoms. The fraction of sp³-hybridized carbons (Fsp3) is 0.429. The highest BCUT2D eigenvalue weighted by Gasteiger charge is 2.43. The number of hydrogen-bond acceptors (Lipinski definition) is 5. The first-order chi connectivity index (χ1) is 13.8. The van der Waals surface area contributed by atoms with Crippen LogP contribution in [0, 0.1) is 6.92 Å². The van der Waals surface area contributed by atoms with Crippen LogP contribution in [0.3, 0.4) is 0 Å². The van der Waals surface area contributed by atoms with Crippen LogP contribution in [0.15, 0.2) is 35.2 Å². The van der Waals surface area contributed by atoms with Crippen molar-refractivity contribution >= 4 is 29.2 Å². The van der Waals surface area contributed by atoms with Crippen LogP contribution in [0.4, 0.5) is 4.79 Å². The molecule has 0 radical (unpaired) electrons. The van der Waals surface area contributed by atoms with Crippen LogP contribution in [0.25, 0.3) is 0 Å². The number of aromatic nitrogens is 1. The summed E-state index contributed by atoms with van der Waals surface area (Å²) in [7, 11) is 0. The molecule has 3 heterocycles. The minimum atomic E-state index is -0.887. The molecule has 1 aliphatic rings. The molecule has 1 unspecified atom stereocenters. The minimum absolute atomic E-state index is 0.124. The number of aryl methyl sites for hydroxylation is 1. The van der Waals surface area contributed by atoms with Gasteiger partial charge in [-0.25, -0.2) is 4.79 Å². The van der Waals surface area contributed by atoms with Gasteiger partial charge in [0.15, 0.2) is 0 Å². The highest BCUT2D eigenvalue weighted by atomic mass is 32.1. The zero-order chi connectivity index (χ0) is 21.0. The van der Waals surface area contributed by atoms with E-state index in [0.29, 0.717) is 12.8 Å². The van der Waals surface area contributed by atoms with Crippen molar-refractivity contribution in [2.45, 2.75) is 51.6 Å². The van der Waals surface area contributed by atoms with Gasteiger partial charge < -0.3 is 10.6 Å². The number of urea groups is 1. The Hall–Kier alpha value is -2.74. The van der Waals surface area contributed by atoms with E-state index in [0.717, 1.165) is 16.8 Å². The number of amides is 4. The molecule has 0 saturated carbocycles. The number of imide groups is 1. The molecular weight excluding hydrogens is 388 g/mol. The van der Waals surface area contributed by atoms with E-state index >= 15 is 0 Å². The zero-order valence-electron chi connectivity index (χ0n) is 16.9. The second-order valence-corrected chi connectivity index (χ2v) is 8.56. The zero-order valence-corrected chi connectivity index (χ0v) is 17.7. The molecule has 8 heteroatoms. The number of carbonyl (C=O) groups is 3. The SMILES string of the molecule is Cc1cccnc1C(Cc1ccsc1)NC(=O)CCCN1C(=O)NC(C)(C)C1=O. The van der Waals surface area contributed by atoms with E-state index in [4.69, 9.17) is 0 Å². The standard InChI is InChI=1S/C21H26N4O3S/c1-14-6-4-9-22-18(14)16(12-15-8-11-29-13-15)23-17(26)7-5-10-25-19(27)21(2,3)24-20(25)28/h4,6,8-9,11,13,16H,5,7,10,12H2,1-3H3,(H,23,26)(H,24,28). The van der Waals surface area contributed by atoms with Crippen LogP contribution in [-0.4, -0.2) is 39.8 Å². The molecule has 1 atom stereocenters. The summed E-state index contributed by atoms with van der Waals surface area (Å²) < 4.78 is 0. The van der Waals surface area contributed by atoms with Gasteiger partial charge in [-0.2, -0.15) is 11.3 Å². The maximum Gasteiger partial charge on any atom is 0.325 e. The fourth-order valence-electron chi connectivity index (χ4n) is 3.41. The maximum absolute atomic E-state index is 12.6. The van der Waals surface area contributed by atoms with Crippen LogP contribution >= 0.6 is 11.3 Å². The summed E-state index contributed by atoms with van der Waals surface area (Å²) in [5.41, 5.74) is 2.13. The summed E-state index contributed by atoms with van der Waals surface area (Å²) in [5, 5.41) is 9.80. The molecule has 7 nitrogen and oxygen atoms in total. The van der Waals surface area contributed by atoms with Crippen molar-refractivity contribution in [1.82, 2.24) is 20.5 Å². The minimum Gasteiger partial charge on any atom is -0.347 e. The number of rotatable bonds is 8. The van der Waals surface area contributed by atoms with Gasteiger partial charge in [-0.05, 0) is 67.6 Å². The van der Waals surface area contributed by atoms with E-state index in [9.17, 15) is 14.4 Å². The van der Waals surface area contributed by atoms with Gasteiger partial charge in [-0.3, -0.25) is 19.5 Å². The van der Waals surface area contributed by atoms with Crippen LogP contribution in [0.2, 0.25) is 0 Å². The monoisotopic (exact) mass is 414 g/mol. The Labute approximate surface area is 174 Å². The second kappa shape index (κ2) is 8.73. The Bertz CT molecular complexity index is 895. The quantitative estimate of drug-likeness (QED) is 0.650. The predicted octanol–water partition coefficient (Wildman–Crippen LogP) is 2.96. The van der Waals surface area contributed by atoms with E-state index in [-0.39, 0.29) is 30.8 Å². The Morgan fingerprint density at radius 3 is 2.76 bits per heavy atom. The molecule has 0 aromatic carbocycles. The lowest BCUT2D eigenvalue weighted by atomic mass is 10.0. The smallest absolute Gasteiger partial charge is 0.325 e. The maximum atomic E-state index is 12.6. The Morgan fingerprint density at radius 1 is 1.34 bits per heavy atom. The third-order valence-electron chi connectivity index (χ3n) is 4.97. The Kier molecular flexibility index (Phi) is 6.32. The van der Waals surface area contributed by atoms with Crippen molar-refractivity contribution in [3.63, 3.8) is 0 Å². The lowest BCUT2D eigenvalue weighted by Gasteiger charge is -2.20. The van der Waals surface area contributed by atoms with Crippen LogP contribution in [-0.2, 0) is 16.0 Å². The topological polar surface area (TPSA) is 91.4 Å². The molecule has 3 rings (SSSR count). The van der Waals surface area contributed by atoms with Gasteiger partial charge in [-0.1, -0.05) is 6.07 Å². The molecule has 1 aliphatic heterocycles. The van der Waals surface area contributed by atoms with Crippen molar-refractivity contribution in [1.29, 1.82) is 0 Å². The van der Waals surface area contributed by atoms with Crippen LogP contribution in [0.5, 0.6) is 0 Å². The number of thiophene rings is 1. The van der Waals surface area contributed by atoms with Crippen molar-refractivity contribution in [2.24, 2.45) is 0 Å². The molecule has 4 amide bonds. The van der Waals surface area contributed by atoms with Crippen molar-refractivity contribution in [3.8, 4) is 0 Å². The molecule has 2 aromatic heterocycles. The highest BCUT2D eigenvalue weighted by molar-refractivity contribution is 7.07. The lowest BCUT2D eigenvalue weighted by molar-refractivity contribution is -0.130. The molecule has 0 aliphatic carbocycles. The van der Waals surface area contributed by atoms with E-state index in [2.05, 4.69) is 21.0 Å². The van der Waals surface area contributed by atoms with E-state index in [1.807, 2.05) is 30.5 Å². The van der Waals surface area contributed by atoms with Crippen molar-refractivity contribution < 1.29 is 14.4 Å². The Balaban J connectivity index is 1.59. The summed E-state index contributed by atoms with van der Waals surface area (Å²) in [5.74, 6) is -0.385. The van der Waals surface area contributed by atoms with Crippen molar-refractivity contribution in [2.75, 3.05) is 6.54 Å². The summed E-state index contributed by atoms with van der Waals surface area (Å²) >= 11 is 1.62. The molecule has 1 fully saturated rings. The highest BCUT2D eigenvalue weighted by Crippen LogP contribution is 2.22. The number of nitrogens with one attached hydrogen (secondary N) is 2. The van der Waals surface area contributed by atoms with Crippen molar-refractivity contribution in [3.05, 3.63) is 52.0 Å². The number of nitrogens with zero attached hydrogens (tertiary/aromatic N) is 2. The molecule has 1 saturated heterocycles. The predicted molar refractivity (Wildman–Crippen MR) is 111 cm³/mol. The van der Waals surface area contributed by atoms with E-state index in [1.54, 1.807) is 31.4 Å². The van der Waals surface area contributed by atoms with Gasteiger partial charge in [0, 0.05) is 19.2 Å². The summed E-state index contributed by atoms with van der Waals surface area (Å²) in [6, 6.07) is 5.27. The van der Waals surface area contributed by atoms with Crippen LogP contribution in [0.1, 0.15) is 49.6 Å². The third-order valence-corrected chi connectivity index (χ3v) is 5.70. The van der Waals surface area contributed by atoms with Gasteiger partial charge in [0.1, 0.15) is 5.54 Å². The first kappa shape index (κ1) is 21.0. The van der Waals surface area contributed by atoms with Gasteiger partial charge in [0.05, 0.1) is 11.7 Å². The normalized spacial score (nSPS) is 16.6. The molecule has 29 heavy (non-hydrogen) atoms. The van der Waals surface area contributed by atoms with E-state index in [1.165, 1.54) is 4.90 Å². The van der Waals surface area contributed by atoms with Gasteiger partial charge in [0.25, 0.3) is 5.91 Å². The third kappa shape index (κ3) is 5.00. The first-order valence-electron chi connectivity index (χ1n) is 9.64. The van der Waals surface area contributed by atoms with Gasteiger partial charge in [-0.15, -0.1) is 0 Å². The van der Waals surface area contributed by atoms with E-state index < -0.39 is 11.6 Å². The van der Waals surface area contributed by atoms with Gasteiger partial charge >= 0.3 is 6.03 Å². The summed E-state index contributed by atoms with van der Waals surface area (Å²) in [6.45, 7) is 5.54. The molecule has 2 N–H and O–H groups in total. The number of pyridine rings is 1.